The number of amides is 1. The molecule has 22 heavy (non-hydrogen) atoms. The zero-order chi connectivity index (χ0) is 15.5. The fourth-order valence-electron chi connectivity index (χ4n) is 2.09. The van der Waals surface area contributed by atoms with E-state index >= 15 is 0 Å². The van der Waals surface area contributed by atoms with Crippen LogP contribution in [0, 0.1) is 0 Å². The smallest absolute Gasteiger partial charge is 0.226 e. The predicted molar refractivity (Wildman–Crippen MR) is 89.5 cm³/mol. The number of nitrogens with zero attached hydrogens (tertiary/aromatic N) is 2. The van der Waals surface area contributed by atoms with Crippen LogP contribution in [-0.4, -0.2) is 23.2 Å². The Morgan fingerprint density at radius 1 is 1.45 bits per heavy atom. The first-order valence-electron chi connectivity index (χ1n) is 7.11. The first kappa shape index (κ1) is 15.4. The molecule has 1 aliphatic carbocycles. The Hall–Kier alpha value is -1.47. The molecule has 1 N–H and O–H groups in total. The lowest BCUT2D eigenvalue weighted by atomic mass is 10.1. The Kier molecular flexibility index (Phi) is 4.73. The van der Waals surface area contributed by atoms with Crippen molar-refractivity contribution in [1.82, 2.24) is 10.2 Å². The summed E-state index contributed by atoms with van der Waals surface area (Å²) in [5, 5.41) is 12.6. The summed E-state index contributed by atoms with van der Waals surface area (Å²) in [4.78, 5) is 12.0. The van der Waals surface area contributed by atoms with E-state index in [0.29, 0.717) is 23.9 Å². The van der Waals surface area contributed by atoms with E-state index in [9.17, 15) is 4.79 Å². The number of aryl methyl sites for hydroxylation is 1. The Bertz CT molecular complexity index is 685. The van der Waals surface area contributed by atoms with Crippen LogP contribution >= 0.6 is 27.3 Å². The average Bonchev–Trinajstić information content (AvgIpc) is 3.26. The standard InChI is InChI=1S/C15H16BrN3O2S/c1-21-12-6-2-9(8-11(12)16)3-7-13(20)17-15-19-18-14(22-15)10-4-5-10/h2,6,8,10H,3-5,7H2,1H3,(H,17,19,20). The van der Waals surface area contributed by atoms with Crippen molar-refractivity contribution < 1.29 is 9.53 Å². The highest BCUT2D eigenvalue weighted by molar-refractivity contribution is 9.10. The highest BCUT2D eigenvalue weighted by Crippen LogP contribution is 2.42. The molecule has 3 rings (SSSR count). The molecule has 1 saturated carbocycles. The molecule has 0 atom stereocenters. The van der Waals surface area contributed by atoms with Crippen molar-refractivity contribution in [2.24, 2.45) is 0 Å². The number of halogens is 1. The molecule has 0 unspecified atom stereocenters. The Balaban J connectivity index is 1.51. The lowest BCUT2D eigenvalue weighted by Crippen LogP contribution is -2.12. The number of nitrogens with one attached hydrogen (secondary N) is 1. The van der Waals surface area contributed by atoms with Crippen molar-refractivity contribution in [2.45, 2.75) is 31.6 Å². The summed E-state index contributed by atoms with van der Waals surface area (Å²) < 4.78 is 6.09. The monoisotopic (exact) mass is 381 g/mol. The van der Waals surface area contributed by atoms with Crippen LogP contribution in [-0.2, 0) is 11.2 Å². The zero-order valence-corrected chi connectivity index (χ0v) is 14.5. The third-order valence-corrected chi connectivity index (χ3v) is 5.09. The van der Waals surface area contributed by atoms with Gasteiger partial charge in [0, 0.05) is 12.3 Å². The van der Waals surface area contributed by atoms with Crippen LogP contribution in [0.2, 0.25) is 0 Å². The van der Waals surface area contributed by atoms with Crippen LogP contribution in [0.5, 0.6) is 5.75 Å². The highest BCUT2D eigenvalue weighted by Gasteiger charge is 2.27. The number of benzene rings is 1. The van der Waals surface area contributed by atoms with Gasteiger partial charge in [-0.2, -0.15) is 0 Å². The van der Waals surface area contributed by atoms with Gasteiger partial charge in [0.25, 0.3) is 0 Å². The number of rotatable bonds is 6. The van der Waals surface area contributed by atoms with Crippen molar-refractivity contribution in [3.05, 3.63) is 33.2 Å². The fourth-order valence-corrected chi connectivity index (χ4v) is 3.60. The molecule has 2 aromatic rings. The lowest BCUT2D eigenvalue weighted by molar-refractivity contribution is -0.116. The Morgan fingerprint density at radius 3 is 2.95 bits per heavy atom. The minimum atomic E-state index is -0.0366. The Morgan fingerprint density at radius 2 is 2.27 bits per heavy atom. The van der Waals surface area contributed by atoms with E-state index in [1.165, 1.54) is 24.2 Å². The number of hydrogen-bond donors (Lipinski definition) is 1. The third-order valence-electron chi connectivity index (χ3n) is 3.47. The summed E-state index contributed by atoms with van der Waals surface area (Å²) in [5.41, 5.74) is 1.08. The van der Waals surface area contributed by atoms with Crippen molar-refractivity contribution >= 4 is 38.3 Å². The summed E-state index contributed by atoms with van der Waals surface area (Å²) in [7, 11) is 1.63. The van der Waals surface area contributed by atoms with Crippen LogP contribution in [0.15, 0.2) is 22.7 Å². The van der Waals surface area contributed by atoms with Gasteiger partial charge in [-0.25, -0.2) is 0 Å². The van der Waals surface area contributed by atoms with E-state index in [2.05, 4.69) is 31.4 Å². The van der Waals surface area contributed by atoms with E-state index in [-0.39, 0.29) is 5.91 Å². The molecule has 0 aliphatic heterocycles. The van der Waals surface area contributed by atoms with E-state index < -0.39 is 0 Å². The molecule has 7 heteroatoms. The second-order valence-corrected chi connectivity index (χ2v) is 7.10. The molecule has 1 aliphatic rings. The van der Waals surface area contributed by atoms with E-state index in [0.717, 1.165) is 20.8 Å². The maximum Gasteiger partial charge on any atom is 0.226 e. The number of ether oxygens (including phenoxy) is 1. The molecule has 1 amide bonds. The molecule has 5 nitrogen and oxygen atoms in total. The fraction of sp³-hybridized carbons (Fsp3) is 0.400. The molecule has 1 heterocycles. The van der Waals surface area contributed by atoms with E-state index in [1.54, 1.807) is 7.11 Å². The number of hydrogen-bond acceptors (Lipinski definition) is 5. The van der Waals surface area contributed by atoms with Crippen LogP contribution in [0.1, 0.15) is 35.8 Å². The minimum Gasteiger partial charge on any atom is -0.496 e. The van der Waals surface area contributed by atoms with Gasteiger partial charge in [0.05, 0.1) is 11.6 Å². The molecule has 0 saturated heterocycles. The number of carbonyl (C=O) groups excluding carboxylic acids is 1. The van der Waals surface area contributed by atoms with Gasteiger partial charge in [-0.1, -0.05) is 17.4 Å². The normalized spacial score (nSPS) is 13.9. The third kappa shape index (κ3) is 3.84. The first-order chi connectivity index (χ1) is 10.7. The second-order valence-electron chi connectivity index (χ2n) is 5.24. The molecule has 1 aromatic heterocycles. The van der Waals surface area contributed by atoms with Gasteiger partial charge < -0.3 is 10.1 Å². The molecular weight excluding hydrogens is 366 g/mol. The van der Waals surface area contributed by atoms with Crippen molar-refractivity contribution in [3.8, 4) is 5.75 Å². The minimum absolute atomic E-state index is 0.0366. The first-order valence-corrected chi connectivity index (χ1v) is 8.72. The summed E-state index contributed by atoms with van der Waals surface area (Å²) in [5.74, 6) is 1.32. The van der Waals surface area contributed by atoms with Crippen LogP contribution < -0.4 is 10.1 Å². The van der Waals surface area contributed by atoms with E-state index in [4.69, 9.17) is 4.74 Å². The SMILES string of the molecule is COc1ccc(CCC(=O)Nc2nnc(C3CC3)s2)cc1Br. The quantitative estimate of drug-likeness (QED) is 0.827. The summed E-state index contributed by atoms with van der Waals surface area (Å²) in [6.07, 6.45) is 3.46. The molecular formula is C15H16BrN3O2S. The zero-order valence-electron chi connectivity index (χ0n) is 12.1. The van der Waals surface area contributed by atoms with Crippen LogP contribution in [0.25, 0.3) is 0 Å². The topological polar surface area (TPSA) is 64.1 Å². The van der Waals surface area contributed by atoms with Crippen LogP contribution in [0.3, 0.4) is 0 Å². The highest BCUT2D eigenvalue weighted by atomic mass is 79.9. The molecule has 116 valence electrons. The van der Waals surface area contributed by atoms with Crippen LogP contribution in [0.4, 0.5) is 5.13 Å². The van der Waals surface area contributed by atoms with Crippen molar-refractivity contribution in [3.63, 3.8) is 0 Å². The van der Waals surface area contributed by atoms with Crippen molar-refractivity contribution in [2.75, 3.05) is 12.4 Å². The van der Waals surface area contributed by atoms with Gasteiger partial charge in [0.15, 0.2) is 0 Å². The summed E-state index contributed by atoms with van der Waals surface area (Å²) in [6.45, 7) is 0. The molecule has 1 aromatic carbocycles. The maximum absolute atomic E-state index is 12.0. The molecule has 1 fully saturated rings. The van der Waals surface area contributed by atoms with Gasteiger partial charge in [-0.3, -0.25) is 4.79 Å². The molecule has 0 radical (unpaired) electrons. The van der Waals surface area contributed by atoms with E-state index in [1.807, 2.05) is 18.2 Å². The Labute approximate surface area is 141 Å². The summed E-state index contributed by atoms with van der Waals surface area (Å²) >= 11 is 4.93. The second kappa shape index (κ2) is 6.75. The predicted octanol–water partition coefficient (Wildman–Crippen LogP) is 3.76. The van der Waals surface area contributed by atoms with Gasteiger partial charge in [-0.05, 0) is 52.9 Å². The van der Waals surface area contributed by atoms with Gasteiger partial charge in [0.2, 0.25) is 11.0 Å². The average molecular weight is 382 g/mol. The number of carbonyl (C=O) groups is 1. The number of anilines is 1. The lowest BCUT2D eigenvalue weighted by Gasteiger charge is -2.06. The molecule has 0 bridgehead atoms. The van der Waals surface area contributed by atoms with Gasteiger partial charge >= 0.3 is 0 Å². The number of aromatic nitrogens is 2. The van der Waals surface area contributed by atoms with Gasteiger partial charge in [0.1, 0.15) is 10.8 Å². The van der Waals surface area contributed by atoms with Crippen molar-refractivity contribution in [1.29, 1.82) is 0 Å². The maximum atomic E-state index is 12.0. The summed E-state index contributed by atoms with van der Waals surface area (Å²) in [6, 6.07) is 5.83. The largest absolute Gasteiger partial charge is 0.496 e. The van der Waals surface area contributed by atoms with Gasteiger partial charge in [-0.15, -0.1) is 10.2 Å². The number of methoxy groups -OCH3 is 1. The molecule has 0 spiro atoms.